The summed E-state index contributed by atoms with van der Waals surface area (Å²) in [5.41, 5.74) is 2.90. The molecule has 0 aliphatic rings. The molecule has 2 rings (SSSR count). The quantitative estimate of drug-likeness (QED) is 0.729. The van der Waals surface area contributed by atoms with Crippen LogP contribution in [-0.2, 0) is 0 Å². The highest BCUT2D eigenvalue weighted by Gasteiger charge is 2.02. The molecule has 0 amide bonds. The van der Waals surface area contributed by atoms with E-state index in [1.54, 1.807) is 36.4 Å². The lowest BCUT2D eigenvalue weighted by Crippen LogP contribution is -1.81. The number of ether oxygens (including phenoxy) is 1. The van der Waals surface area contributed by atoms with Gasteiger partial charge in [0.2, 0.25) is 0 Å². The summed E-state index contributed by atoms with van der Waals surface area (Å²) in [4.78, 5) is 0. The summed E-state index contributed by atoms with van der Waals surface area (Å²) in [5.74, 6) is 1.25. The molecule has 0 unspecified atom stereocenters. The number of benzene rings is 1. The van der Waals surface area contributed by atoms with Crippen LogP contribution in [0.15, 0.2) is 52.6 Å². The summed E-state index contributed by atoms with van der Waals surface area (Å²) in [6.07, 6.45) is 3.49. The summed E-state index contributed by atoms with van der Waals surface area (Å²) in [7, 11) is 0. The van der Waals surface area contributed by atoms with E-state index >= 15 is 0 Å². The van der Waals surface area contributed by atoms with Crippen LogP contribution in [0, 0.1) is 5.82 Å². The SMILES string of the molecule is CC=C=Cc1ccc(Oc2ccc(F)cc2)o1. The zero-order chi connectivity index (χ0) is 12.1. The molecule has 0 N–H and O–H groups in total. The van der Waals surface area contributed by atoms with Gasteiger partial charge in [-0.1, -0.05) is 0 Å². The van der Waals surface area contributed by atoms with E-state index in [0.29, 0.717) is 17.5 Å². The van der Waals surface area contributed by atoms with Crippen LogP contribution in [-0.4, -0.2) is 0 Å². The van der Waals surface area contributed by atoms with Gasteiger partial charge in [-0.05, 0) is 43.3 Å². The largest absolute Gasteiger partial charge is 0.426 e. The minimum absolute atomic E-state index is 0.298. The van der Waals surface area contributed by atoms with Gasteiger partial charge in [0.25, 0.3) is 5.95 Å². The number of furan rings is 1. The van der Waals surface area contributed by atoms with Gasteiger partial charge in [0.05, 0.1) is 0 Å². The first kappa shape index (κ1) is 11.2. The van der Waals surface area contributed by atoms with Crippen LogP contribution in [0.3, 0.4) is 0 Å². The molecule has 3 heteroatoms. The van der Waals surface area contributed by atoms with Crippen LogP contribution in [0.1, 0.15) is 12.7 Å². The molecule has 0 atom stereocenters. The molecule has 0 radical (unpaired) electrons. The molecule has 1 aromatic carbocycles. The third-order valence-corrected chi connectivity index (χ3v) is 2.03. The summed E-state index contributed by atoms with van der Waals surface area (Å²) in [6.45, 7) is 1.87. The van der Waals surface area contributed by atoms with Gasteiger partial charge in [-0.15, -0.1) is 5.73 Å². The predicted octanol–water partition coefficient (Wildman–Crippen LogP) is 4.40. The van der Waals surface area contributed by atoms with Crippen molar-refractivity contribution in [2.24, 2.45) is 0 Å². The standard InChI is InChI=1S/C14H11FO2/c1-2-3-4-12-9-10-14(16-12)17-13-7-5-11(15)6-8-13/h2,4-10H,1H3. The van der Waals surface area contributed by atoms with Crippen LogP contribution in [0.25, 0.3) is 6.08 Å². The van der Waals surface area contributed by atoms with Crippen molar-refractivity contribution in [2.75, 3.05) is 0 Å². The summed E-state index contributed by atoms with van der Waals surface area (Å²) < 4.78 is 23.4. The average molecular weight is 230 g/mol. The van der Waals surface area contributed by atoms with Crippen molar-refractivity contribution in [3.63, 3.8) is 0 Å². The predicted molar refractivity (Wildman–Crippen MR) is 63.4 cm³/mol. The van der Waals surface area contributed by atoms with E-state index in [4.69, 9.17) is 9.15 Å². The topological polar surface area (TPSA) is 22.4 Å². The van der Waals surface area contributed by atoms with Gasteiger partial charge in [0, 0.05) is 12.1 Å². The number of allylic oxidation sites excluding steroid dienone is 1. The van der Waals surface area contributed by atoms with Crippen molar-refractivity contribution in [1.82, 2.24) is 0 Å². The smallest absolute Gasteiger partial charge is 0.290 e. The lowest BCUT2D eigenvalue weighted by Gasteiger charge is -2.00. The molecule has 0 aliphatic heterocycles. The minimum Gasteiger partial charge on any atom is -0.426 e. The van der Waals surface area contributed by atoms with Crippen LogP contribution >= 0.6 is 0 Å². The molecule has 0 saturated carbocycles. The van der Waals surface area contributed by atoms with E-state index in [0.717, 1.165) is 0 Å². The molecule has 0 fully saturated rings. The van der Waals surface area contributed by atoms with Crippen molar-refractivity contribution < 1.29 is 13.5 Å². The second-order valence-corrected chi connectivity index (χ2v) is 3.31. The van der Waals surface area contributed by atoms with Gasteiger partial charge in [-0.3, -0.25) is 0 Å². The number of rotatable bonds is 3. The lowest BCUT2D eigenvalue weighted by atomic mass is 10.3. The van der Waals surface area contributed by atoms with Crippen LogP contribution in [0.2, 0.25) is 0 Å². The molecule has 17 heavy (non-hydrogen) atoms. The third kappa shape index (κ3) is 3.10. The van der Waals surface area contributed by atoms with Gasteiger partial charge in [-0.25, -0.2) is 4.39 Å². The molecule has 0 spiro atoms. The zero-order valence-electron chi connectivity index (χ0n) is 9.31. The van der Waals surface area contributed by atoms with E-state index in [1.165, 1.54) is 12.1 Å². The van der Waals surface area contributed by atoms with Crippen molar-refractivity contribution in [3.05, 3.63) is 59.8 Å². The van der Waals surface area contributed by atoms with Gasteiger partial charge < -0.3 is 9.15 Å². The molecule has 86 valence electrons. The summed E-state index contributed by atoms with van der Waals surface area (Å²) >= 11 is 0. The molecule has 1 aromatic heterocycles. The molecule has 2 nitrogen and oxygen atoms in total. The Labute approximate surface area is 98.6 Å². The highest BCUT2D eigenvalue weighted by atomic mass is 19.1. The molecule has 2 aromatic rings. The van der Waals surface area contributed by atoms with Crippen molar-refractivity contribution in [1.29, 1.82) is 0 Å². The Bertz CT molecular complexity index is 546. The molecular weight excluding hydrogens is 219 g/mol. The minimum atomic E-state index is -0.298. The van der Waals surface area contributed by atoms with Crippen molar-refractivity contribution in [2.45, 2.75) is 6.92 Å². The highest BCUT2D eigenvalue weighted by molar-refractivity contribution is 5.43. The molecular formula is C14H11FO2. The van der Waals surface area contributed by atoms with Gasteiger partial charge in [0.1, 0.15) is 17.3 Å². The highest BCUT2D eigenvalue weighted by Crippen LogP contribution is 2.24. The molecule has 0 saturated heterocycles. The van der Waals surface area contributed by atoms with Crippen molar-refractivity contribution >= 4 is 6.08 Å². The second kappa shape index (κ2) is 5.19. The fourth-order valence-electron chi connectivity index (χ4n) is 1.25. The van der Waals surface area contributed by atoms with Crippen LogP contribution in [0.4, 0.5) is 4.39 Å². The maximum Gasteiger partial charge on any atom is 0.290 e. The molecule has 1 heterocycles. The van der Waals surface area contributed by atoms with E-state index < -0.39 is 0 Å². The molecule has 0 aliphatic carbocycles. The van der Waals surface area contributed by atoms with Gasteiger partial charge >= 0.3 is 0 Å². The van der Waals surface area contributed by atoms with E-state index in [2.05, 4.69) is 5.73 Å². The fraction of sp³-hybridized carbons (Fsp3) is 0.0714. The van der Waals surface area contributed by atoms with E-state index in [9.17, 15) is 4.39 Å². The number of halogens is 1. The Morgan fingerprint density at radius 3 is 2.65 bits per heavy atom. The van der Waals surface area contributed by atoms with E-state index in [-0.39, 0.29) is 5.82 Å². The Morgan fingerprint density at radius 1 is 1.18 bits per heavy atom. The first-order chi connectivity index (χ1) is 8.28. The van der Waals surface area contributed by atoms with Crippen molar-refractivity contribution in [3.8, 4) is 11.7 Å². The van der Waals surface area contributed by atoms with Gasteiger partial charge in [0.15, 0.2) is 0 Å². The maximum atomic E-state index is 12.7. The van der Waals surface area contributed by atoms with E-state index in [1.807, 2.05) is 6.92 Å². The monoisotopic (exact) mass is 230 g/mol. The third-order valence-electron chi connectivity index (χ3n) is 2.03. The summed E-state index contributed by atoms with van der Waals surface area (Å²) in [6, 6.07) is 9.22. The first-order valence-electron chi connectivity index (χ1n) is 5.18. The zero-order valence-corrected chi connectivity index (χ0v) is 9.31. The Morgan fingerprint density at radius 2 is 1.94 bits per heavy atom. The average Bonchev–Trinajstić information content (AvgIpc) is 2.77. The lowest BCUT2D eigenvalue weighted by molar-refractivity contribution is 0.343. The molecule has 0 bridgehead atoms. The Balaban J connectivity index is 2.11. The fourth-order valence-corrected chi connectivity index (χ4v) is 1.25. The Hall–Kier alpha value is -2.25. The van der Waals surface area contributed by atoms with Crippen LogP contribution < -0.4 is 4.74 Å². The number of hydrogen-bond acceptors (Lipinski definition) is 2. The Kier molecular flexibility index (Phi) is 3.43. The number of hydrogen-bond donors (Lipinski definition) is 0. The summed E-state index contributed by atoms with van der Waals surface area (Å²) in [5, 5.41) is 0. The van der Waals surface area contributed by atoms with Gasteiger partial charge in [-0.2, -0.15) is 0 Å². The maximum absolute atomic E-state index is 12.7. The normalized spacial score (nSPS) is 9.53. The second-order valence-electron chi connectivity index (χ2n) is 3.31. The first-order valence-corrected chi connectivity index (χ1v) is 5.18. The van der Waals surface area contributed by atoms with Crippen LogP contribution in [0.5, 0.6) is 11.7 Å².